The molecule has 0 saturated heterocycles. The molecular weight excluding hydrogens is 294 g/mol. The molecule has 3 aromatic rings. The lowest BCUT2D eigenvalue weighted by atomic mass is 10.1. The Hall–Kier alpha value is -2.44. The molecule has 0 amide bonds. The van der Waals surface area contributed by atoms with Crippen molar-refractivity contribution < 1.29 is 0 Å². The Labute approximate surface area is 132 Å². The molecule has 0 aliphatic carbocycles. The Morgan fingerprint density at radius 3 is 2.82 bits per heavy atom. The van der Waals surface area contributed by atoms with Crippen molar-refractivity contribution >= 4 is 22.9 Å². The maximum atomic E-state index is 5.99. The molecule has 2 heterocycles. The fourth-order valence-electron chi connectivity index (χ4n) is 2.10. The van der Waals surface area contributed by atoms with Crippen LogP contribution in [0.3, 0.4) is 0 Å². The lowest BCUT2D eigenvalue weighted by Crippen LogP contribution is -2.10. The number of H-pyrrole nitrogens is 1. The van der Waals surface area contributed by atoms with Gasteiger partial charge in [0.2, 0.25) is 0 Å². The van der Waals surface area contributed by atoms with Crippen LogP contribution in [0.4, 0.5) is 5.69 Å². The van der Waals surface area contributed by atoms with E-state index in [0.29, 0.717) is 5.84 Å². The van der Waals surface area contributed by atoms with Crippen molar-refractivity contribution in [2.75, 3.05) is 7.05 Å². The van der Waals surface area contributed by atoms with Crippen LogP contribution in [0.25, 0.3) is 11.3 Å². The molecule has 0 radical (unpaired) electrons. The highest BCUT2D eigenvalue weighted by Gasteiger charge is 2.04. The summed E-state index contributed by atoms with van der Waals surface area (Å²) in [7, 11) is 1.90. The zero-order valence-electron chi connectivity index (χ0n) is 12.2. The number of aromatic nitrogens is 2. The average molecular weight is 311 g/mol. The van der Waals surface area contributed by atoms with Crippen LogP contribution in [-0.2, 0) is 6.54 Å². The van der Waals surface area contributed by atoms with Crippen molar-refractivity contribution in [1.82, 2.24) is 15.3 Å². The molecule has 2 aromatic heterocycles. The third-order valence-electron chi connectivity index (χ3n) is 3.17. The summed E-state index contributed by atoms with van der Waals surface area (Å²) in [6, 6.07) is 11.9. The van der Waals surface area contributed by atoms with Crippen LogP contribution in [0.15, 0.2) is 53.0 Å². The van der Waals surface area contributed by atoms with Gasteiger partial charge >= 0.3 is 0 Å². The molecule has 0 saturated carbocycles. The Balaban J connectivity index is 1.79. The van der Waals surface area contributed by atoms with Crippen LogP contribution in [0.2, 0.25) is 0 Å². The van der Waals surface area contributed by atoms with Crippen LogP contribution >= 0.6 is 11.3 Å². The van der Waals surface area contributed by atoms with E-state index in [-0.39, 0.29) is 0 Å². The van der Waals surface area contributed by atoms with Gasteiger partial charge in [0.15, 0.2) is 0 Å². The van der Waals surface area contributed by atoms with Gasteiger partial charge in [0, 0.05) is 0 Å². The first kappa shape index (κ1) is 14.5. The Morgan fingerprint density at radius 2 is 2.14 bits per heavy atom. The predicted octanol–water partition coefficient (Wildman–Crippen LogP) is 2.89. The molecule has 0 spiro atoms. The molecule has 3 rings (SSSR count). The van der Waals surface area contributed by atoms with E-state index in [4.69, 9.17) is 5.73 Å². The molecule has 0 atom stereocenters. The topological polar surface area (TPSA) is 79.1 Å². The van der Waals surface area contributed by atoms with Crippen LogP contribution < -0.4 is 11.1 Å². The molecule has 5 nitrogen and oxygen atoms in total. The zero-order valence-corrected chi connectivity index (χ0v) is 13.0. The molecule has 0 unspecified atom stereocenters. The summed E-state index contributed by atoms with van der Waals surface area (Å²) in [5, 5.41) is 5.06. The lowest BCUT2D eigenvalue weighted by molar-refractivity contribution is 0.772. The van der Waals surface area contributed by atoms with Crippen molar-refractivity contribution in [3.05, 3.63) is 58.7 Å². The Kier molecular flexibility index (Phi) is 4.32. The molecule has 0 aliphatic rings. The standard InChI is InChI=1S/C16H17N5S/c1-18-10-15-19-9-13(21-15)11-4-6-12(7-5-11)20-16(17)14-3-2-8-22-14/h2-9,18H,10H2,1H3,(H2,17,20)(H,19,21). The smallest absolute Gasteiger partial charge is 0.141 e. The van der Waals surface area contributed by atoms with E-state index >= 15 is 0 Å². The van der Waals surface area contributed by atoms with Crippen molar-refractivity contribution in [3.63, 3.8) is 0 Å². The number of aliphatic imine (C=N–C) groups is 1. The summed E-state index contributed by atoms with van der Waals surface area (Å²) in [4.78, 5) is 13.0. The largest absolute Gasteiger partial charge is 0.383 e. The van der Waals surface area contributed by atoms with Gasteiger partial charge in [-0.2, -0.15) is 0 Å². The van der Waals surface area contributed by atoms with Gasteiger partial charge in [0.25, 0.3) is 0 Å². The highest BCUT2D eigenvalue weighted by molar-refractivity contribution is 7.12. The van der Waals surface area contributed by atoms with Gasteiger partial charge in [-0.15, -0.1) is 11.3 Å². The maximum Gasteiger partial charge on any atom is 0.141 e. The molecule has 0 fully saturated rings. The number of benzene rings is 1. The fourth-order valence-corrected chi connectivity index (χ4v) is 2.73. The molecule has 0 aliphatic heterocycles. The predicted molar refractivity (Wildman–Crippen MR) is 91.5 cm³/mol. The quantitative estimate of drug-likeness (QED) is 0.501. The number of nitrogens with two attached hydrogens (primary N) is 1. The van der Waals surface area contributed by atoms with Crippen molar-refractivity contribution in [2.45, 2.75) is 6.54 Å². The molecule has 0 bridgehead atoms. The van der Waals surface area contributed by atoms with Gasteiger partial charge in [-0.1, -0.05) is 18.2 Å². The van der Waals surface area contributed by atoms with Crippen molar-refractivity contribution in [2.24, 2.45) is 10.7 Å². The second-order valence-electron chi connectivity index (χ2n) is 4.80. The van der Waals surface area contributed by atoms with Crippen LogP contribution in [0.5, 0.6) is 0 Å². The molecule has 112 valence electrons. The summed E-state index contributed by atoms with van der Waals surface area (Å²) in [6.07, 6.45) is 1.84. The van der Waals surface area contributed by atoms with Gasteiger partial charge in [-0.25, -0.2) is 9.98 Å². The fraction of sp³-hybridized carbons (Fsp3) is 0.125. The molecular formula is C16H17N5S. The summed E-state index contributed by atoms with van der Waals surface area (Å²) in [6.45, 7) is 0.722. The van der Waals surface area contributed by atoms with Gasteiger partial charge < -0.3 is 16.0 Å². The second-order valence-corrected chi connectivity index (χ2v) is 5.74. The Morgan fingerprint density at radius 1 is 1.32 bits per heavy atom. The number of rotatable bonds is 5. The van der Waals surface area contributed by atoms with Gasteiger partial charge in [0.1, 0.15) is 11.7 Å². The number of nitrogens with one attached hydrogen (secondary N) is 2. The van der Waals surface area contributed by atoms with E-state index in [2.05, 4.69) is 20.3 Å². The molecule has 1 aromatic carbocycles. The third kappa shape index (κ3) is 3.24. The molecule has 22 heavy (non-hydrogen) atoms. The van der Waals surface area contributed by atoms with Crippen molar-refractivity contribution in [1.29, 1.82) is 0 Å². The number of aromatic amines is 1. The summed E-state index contributed by atoms with van der Waals surface area (Å²) in [5.74, 6) is 1.46. The Bertz CT molecular complexity index is 756. The zero-order chi connectivity index (χ0) is 15.4. The van der Waals surface area contributed by atoms with E-state index < -0.39 is 0 Å². The van der Waals surface area contributed by atoms with Crippen LogP contribution in [0, 0.1) is 0 Å². The second kappa shape index (κ2) is 6.55. The third-order valence-corrected chi connectivity index (χ3v) is 4.07. The first-order valence-corrected chi connectivity index (χ1v) is 7.81. The number of imidazole rings is 1. The molecule has 6 heteroatoms. The first-order valence-electron chi connectivity index (χ1n) is 6.93. The van der Waals surface area contributed by atoms with E-state index in [1.807, 2.05) is 55.0 Å². The van der Waals surface area contributed by atoms with E-state index in [9.17, 15) is 0 Å². The minimum absolute atomic E-state index is 0.542. The molecule has 4 N–H and O–H groups in total. The van der Waals surface area contributed by atoms with Gasteiger partial charge in [0.05, 0.1) is 29.0 Å². The first-order chi connectivity index (χ1) is 10.8. The normalized spacial score (nSPS) is 11.8. The van der Waals surface area contributed by atoms with E-state index in [1.54, 1.807) is 11.3 Å². The highest BCUT2D eigenvalue weighted by Crippen LogP contribution is 2.22. The number of thiophene rings is 1. The lowest BCUT2D eigenvalue weighted by Gasteiger charge is -2.01. The number of hydrogen-bond donors (Lipinski definition) is 3. The van der Waals surface area contributed by atoms with Crippen molar-refractivity contribution in [3.8, 4) is 11.3 Å². The summed E-state index contributed by atoms with van der Waals surface area (Å²) >= 11 is 1.58. The maximum absolute atomic E-state index is 5.99. The average Bonchev–Trinajstić information content (AvgIpc) is 3.20. The number of nitrogens with zero attached hydrogens (tertiary/aromatic N) is 2. The highest BCUT2D eigenvalue weighted by atomic mass is 32.1. The SMILES string of the molecule is CNCc1ncc(-c2ccc(N=C(N)c3cccs3)cc2)[nH]1. The monoisotopic (exact) mass is 311 g/mol. The number of amidine groups is 1. The van der Waals surface area contributed by atoms with Gasteiger partial charge in [-0.3, -0.25) is 0 Å². The summed E-state index contributed by atoms with van der Waals surface area (Å²) < 4.78 is 0. The van der Waals surface area contributed by atoms with Crippen LogP contribution in [-0.4, -0.2) is 22.9 Å². The van der Waals surface area contributed by atoms with Gasteiger partial charge in [-0.05, 0) is 36.2 Å². The van der Waals surface area contributed by atoms with E-state index in [1.165, 1.54) is 0 Å². The van der Waals surface area contributed by atoms with E-state index in [0.717, 1.165) is 34.2 Å². The van der Waals surface area contributed by atoms with Crippen LogP contribution in [0.1, 0.15) is 10.7 Å². The minimum atomic E-state index is 0.542. The minimum Gasteiger partial charge on any atom is -0.383 e. The summed E-state index contributed by atoms with van der Waals surface area (Å²) in [5.41, 5.74) is 8.90. The number of hydrogen-bond acceptors (Lipinski definition) is 4.